The zero-order chi connectivity index (χ0) is 15.4. The third-order valence-corrected chi connectivity index (χ3v) is 3.14. The lowest BCUT2D eigenvalue weighted by Gasteiger charge is -2.03. The number of pyridine rings is 1. The zero-order valence-electron chi connectivity index (χ0n) is 11.5. The van der Waals surface area contributed by atoms with Crippen LogP contribution in [0.5, 0.6) is 0 Å². The molecule has 0 atom stereocenters. The molecule has 0 radical (unpaired) electrons. The molecule has 22 heavy (non-hydrogen) atoms. The largest absolute Gasteiger partial charge is 0.270 e. The van der Waals surface area contributed by atoms with Crippen LogP contribution >= 0.6 is 0 Å². The highest BCUT2D eigenvalue weighted by Gasteiger charge is 2.04. The van der Waals surface area contributed by atoms with Crippen LogP contribution in [0.2, 0.25) is 0 Å². The molecular weight excluding hydrogens is 280 g/mol. The molecule has 0 spiro atoms. The first-order valence-corrected chi connectivity index (χ1v) is 6.61. The second-order valence-electron chi connectivity index (χ2n) is 4.60. The molecule has 0 aliphatic heterocycles. The van der Waals surface area contributed by atoms with Gasteiger partial charge in [-0.15, -0.1) is 0 Å². The molecule has 0 saturated heterocycles. The van der Waals surface area contributed by atoms with Crippen molar-refractivity contribution in [2.45, 2.75) is 0 Å². The molecule has 0 fully saturated rings. The van der Waals surface area contributed by atoms with Gasteiger partial charge >= 0.3 is 0 Å². The van der Waals surface area contributed by atoms with Gasteiger partial charge in [0.15, 0.2) is 5.82 Å². The Kier molecular flexibility index (Phi) is 3.74. The molecule has 0 unspecified atom stereocenters. The van der Waals surface area contributed by atoms with Crippen LogP contribution < -0.4 is 5.43 Å². The van der Waals surface area contributed by atoms with Gasteiger partial charge in [0.1, 0.15) is 0 Å². The molecule has 0 saturated carbocycles. The van der Waals surface area contributed by atoms with Crippen molar-refractivity contribution in [3.8, 4) is 0 Å². The Morgan fingerprint density at radius 3 is 2.86 bits per heavy atom. The fraction of sp³-hybridized carbons (Fsp3) is 0. The normalized spacial score (nSPS) is 10.9. The van der Waals surface area contributed by atoms with Crippen LogP contribution in [0.25, 0.3) is 10.8 Å². The summed E-state index contributed by atoms with van der Waals surface area (Å²) in [7, 11) is 0. The molecule has 1 heterocycles. The monoisotopic (exact) mass is 292 g/mol. The van der Waals surface area contributed by atoms with E-state index in [-0.39, 0.29) is 5.69 Å². The topological polar surface area (TPSA) is 80.4 Å². The number of nitrogens with zero attached hydrogens (tertiary/aromatic N) is 3. The highest BCUT2D eigenvalue weighted by Crippen LogP contribution is 2.20. The predicted octanol–water partition coefficient (Wildman–Crippen LogP) is 3.59. The number of anilines is 1. The average molecular weight is 292 g/mol. The Morgan fingerprint density at radius 1 is 1.14 bits per heavy atom. The van der Waals surface area contributed by atoms with Gasteiger partial charge in [-0.1, -0.05) is 36.4 Å². The molecule has 0 aliphatic carbocycles. The first-order valence-electron chi connectivity index (χ1n) is 6.61. The minimum absolute atomic E-state index is 0.0345. The van der Waals surface area contributed by atoms with E-state index in [0.29, 0.717) is 11.4 Å². The van der Waals surface area contributed by atoms with Crippen LogP contribution in [0, 0.1) is 10.1 Å². The lowest BCUT2D eigenvalue weighted by Crippen LogP contribution is -1.95. The van der Waals surface area contributed by atoms with Crippen LogP contribution in [0.3, 0.4) is 0 Å². The highest BCUT2D eigenvalue weighted by atomic mass is 16.6. The summed E-state index contributed by atoms with van der Waals surface area (Å²) in [4.78, 5) is 14.5. The number of nitro benzene ring substituents is 1. The average Bonchev–Trinajstić information content (AvgIpc) is 2.55. The van der Waals surface area contributed by atoms with Crippen molar-refractivity contribution in [2.75, 3.05) is 5.43 Å². The van der Waals surface area contributed by atoms with Gasteiger partial charge in [-0.05, 0) is 11.5 Å². The third-order valence-electron chi connectivity index (χ3n) is 3.14. The molecule has 0 amide bonds. The van der Waals surface area contributed by atoms with E-state index in [4.69, 9.17) is 0 Å². The molecule has 6 heteroatoms. The van der Waals surface area contributed by atoms with Crippen molar-refractivity contribution < 1.29 is 4.92 Å². The molecule has 108 valence electrons. The Balaban J connectivity index is 1.82. The SMILES string of the molecule is O=[N+]([O-])c1cccc(/C=N/Nc2nccc3ccccc23)c1. The van der Waals surface area contributed by atoms with Crippen molar-refractivity contribution >= 4 is 28.5 Å². The second-order valence-corrected chi connectivity index (χ2v) is 4.60. The summed E-state index contributed by atoms with van der Waals surface area (Å²) in [5.74, 6) is 0.639. The van der Waals surface area contributed by atoms with Gasteiger partial charge in [0, 0.05) is 29.3 Å². The quantitative estimate of drug-likeness (QED) is 0.452. The molecule has 0 aliphatic rings. The summed E-state index contributed by atoms with van der Waals surface area (Å²) in [6, 6.07) is 16.0. The van der Waals surface area contributed by atoms with E-state index < -0.39 is 4.92 Å². The summed E-state index contributed by atoms with van der Waals surface area (Å²) in [6.45, 7) is 0. The number of fused-ring (bicyclic) bond motifs is 1. The number of non-ortho nitro benzene ring substituents is 1. The van der Waals surface area contributed by atoms with Gasteiger partial charge in [0.25, 0.3) is 5.69 Å². The fourth-order valence-corrected chi connectivity index (χ4v) is 2.10. The van der Waals surface area contributed by atoms with Gasteiger partial charge in [0.05, 0.1) is 11.1 Å². The number of benzene rings is 2. The van der Waals surface area contributed by atoms with E-state index in [2.05, 4.69) is 15.5 Å². The second kappa shape index (κ2) is 6.01. The van der Waals surface area contributed by atoms with Gasteiger partial charge in [-0.3, -0.25) is 15.5 Å². The zero-order valence-corrected chi connectivity index (χ0v) is 11.5. The van der Waals surface area contributed by atoms with Gasteiger partial charge in [0.2, 0.25) is 0 Å². The summed E-state index contributed by atoms with van der Waals surface area (Å²) >= 11 is 0. The van der Waals surface area contributed by atoms with E-state index in [0.717, 1.165) is 10.8 Å². The Hall–Kier alpha value is -3.28. The molecule has 3 aromatic rings. The minimum atomic E-state index is -0.434. The van der Waals surface area contributed by atoms with Gasteiger partial charge in [-0.25, -0.2) is 4.98 Å². The smallest absolute Gasteiger partial charge is 0.261 e. The molecule has 0 bridgehead atoms. The highest BCUT2D eigenvalue weighted by molar-refractivity contribution is 5.92. The van der Waals surface area contributed by atoms with Crippen molar-refractivity contribution in [1.82, 2.24) is 4.98 Å². The number of rotatable bonds is 4. The van der Waals surface area contributed by atoms with E-state index in [1.807, 2.05) is 30.3 Å². The maximum atomic E-state index is 10.7. The van der Waals surface area contributed by atoms with Crippen LogP contribution in [-0.2, 0) is 0 Å². The molecule has 3 rings (SSSR count). The Bertz CT molecular complexity index is 856. The summed E-state index contributed by atoms with van der Waals surface area (Å²) in [5, 5.41) is 16.9. The maximum absolute atomic E-state index is 10.7. The van der Waals surface area contributed by atoms with E-state index in [9.17, 15) is 10.1 Å². The first kappa shape index (κ1) is 13.7. The van der Waals surface area contributed by atoms with Crippen LogP contribution in [0.1, 0.15) is 5.56 Å². The van der Waals surface area contributed by atoms with E-state index in [1.165, 1.54) is 18.3 Å². The van der Waals surface area contributed by atoms with E-state index in [1.54, 1.807) is 18.3 Å². The Morgan fingerprint density at radius 2 is 2.00 bits per heavy atom. The van der Waals surface area contributed by atoms with Crippen LogP contribution in [0.4, 0.5) is 11.5 Å². The molecular formula is C16H12N4O2. The lowest BCUT2D eigenvalue weighted by molar-refractivity contribution is -0.384. The van der Waals surface area contributed by atoms with Crippen molar-refractivity contribution in [2.24, 2.45) is 5.10 Å². The van der Waals surface area contributed by atoms with Gasteiger partial charge in [-0.2, -0.15) is 5.10 Å². The standard InChI is InChI=1S/C16H12N4O2/c21-20(22)14-6-3-4-12(10-14)11-18-19-16-15-7-2-1-5-13(15)8-9-17-16/h1-11H,(H,17,19)/b18-11+. The third kappa shape index (κ3) is 2.90. The number of aromatic nitrogens is 1. The number of hydrogen-bond acceptors (Lipinski definition) is 5. The number of hydrazone groups is 1. The van der Waals surface area contributed by atoms with Crippen LogP contribution in [-0.4, -0.2) is 16.1 Å². The van der Waals surface area contributed by atoms with Crippen molar-refractivity contribution in [3.05, 3.63) is 76.5 Å². The first-order chi connectivity index (χ1) is 10.7. The van der Waals surface area contributed by atoms with Crippen molar-refractivity contribution in [1.29, 1.82) is 0 Å². The van der Waals surface area contributed by atoms with Gasteiger partial charge < -0.3 is 0 Å². The molecule has 1 aromatic heterocycles. The number of nitro groups is 1. The molecule has 6 nitrogen and oxygen atoms in total. The molecule has 2 aromatic carbocycles. The van der Waals surface area contributed by atoms with Crippen molar-refractivity contribution in [3.63, 3.8) is 0 Å². The minimum Gasteiger partial charge on any atom is -0.261 e. The number of nitrogens with one attached hydrogen (secondary N) is 1. The molecule has 1 N–H and O–H groups in total. The van der Waals surface area contributed by atoms with E-state index >= 15 is 0 Å². The summed E-state index contributed by atoms with van der Waals surface area (Å²) in [5.41, 5.74) is 3.55. The number of hydrogen-bond donors (Lipinski definition) is 1. The Labute approximate surface area is 126 Å². The predicted molar refractivity (Wildman–Crippen MR) is 86.1 cm³/mol. The summed E-state index contributed by atoms with van der Waals surface area (Å²) < 4.78 is 0. The summed E-state index contributed by atoms with van der Waals surface area (Å²) in [6.07, 6.45) is 3.23. The lowest BCUT2D eigenvalue weighted by atomic mass is 10.2. The fourth-order valence-electron chi connectivity index (χ4n) is 2.10. The maximum Gasteiger partial charge on any atom is 0.270 e. The van der Waals surface area contributed by atoms with Crippen LogP contribution in [0.15, 0.2) is 65.9 Å².